The fourth-order valence-electron chi connectivity index (χ4n) is 3.39. The van der Waals surface area contributed by atoms with Crippen molar-refractivity contribution in [2.24, 2.45) is 5.92 Å². The second kappa shape index (κ2) is 9.90. The van der Waals surface area contributed by atoms with Crippen LogP contribution in [0.1, 0.15) is 56.0 Å². The van der Waals surface area contributed by atoms with E-state index in [1.165, 1.54) is 18.2 Å². The van der Waals surface area contributed by atoms with E-state index in [-0.39, 0.29) is 30.9 Å². The summed E-state index contributed by atoms with van der Waals surface area (Å²) in [5.74, 6) is -0.0969. The zero-order valence-electron chi connectivity index (χ0n) is 16.1. The van der Waals surface area contributed by atoms with E-state index < -0.39 is 0 Å². The molecule has 0 saturated heterocycles. The lowest BCUT2D eigenvalue weighted by Gasteiger charge is -2.29. The van der Waals surface area contributed by atoms with Crippen LogP contribution in [0.5, 0.6) is 0 Å². The zero-order chi connectivity index (χ0) is 19.1. The van der Waals surface area contributed by atoms with Gasteiger partial charge in [-0.15, -0.1) is 0 Å². The molecule has 0 aliphatic heterocycles. The van der Waals surface area contributed by atoms with E-state index in [0.717, 1.165) is 41.4 Å². The van der Waals surface area contributed by atoms with Crippen molar-refractivity contribution in [3.63, 3.8) is 0 Å². The van der Waals surface area contributed by atoms with Gasteiger partial charge < -0.3 is 10.1 Å². The van der Waals surface area contributed by atoms with Gasteiger partial charge in [0.25, 0.3) is 5.91 Å². The number of esters is 1. The van der Waals surface area contributed by atoms with Gasteiger partial charge in [-0.2, -0.15) is 0 Å². The summed E-state index contributed by atoms with van der Waals surface area (Å²) in [7, 11) is 0. The number of carbonyl (C=O) groups excluding carboxylic acids is 2. The van der Waals surface area contributed by atoms with E-state index >= 15 is 0 Å². The third kappa shape index (κ3) is 5.97. The van der Waals surface area contributed by atoms with Crippen molar-refractivity contribution in [2.45, 2.75) is 70.5 Å². The van der Waals surface area contributed by atoms with Crippen LogP contribution >= 0.6 is 11.8 Å². The first-order chi connectivity index (χ1) is 12.4. The molecular weight excluding hydrogens is 350 g/mol. The van der Waals surface area contributed by atoms with Gasteiger partial charge in [0.15, 0.2) is 11.8 Å². The molecule has 0 spiro atoms. The molecule has 1 aliphatic rings. The number of rotatable bonds is 7. The molecule has 1 aromatic heterocycles. The van der Waals surface area contributed by atoms with Gasteiger partial charge in [-0.1, -0.05) is 31.5 Å². The minimum Gasteiger partial charge on any atom is -0.456 e. The normalized spacial score (nSPS) is 19.8. The lowest BCUT2D eigenvalue weighted by atomic mass is 9.86. The number of amides is 1. The Morgan fingerprint density at radius 1 is 1.19 bits per heavy atom. The molecule has 7 heteroatoms. The average molecular weight is 380 g/mol. The van der Waals surface area contributed by atoms with Crippen LogP contribution < -0.4 is 5.32 Å². The molecule has 6 nitrogen and oxygen atoms in total. The molecular formula is C19H29N3O3S. The molecule has 1 aromatic rings. The first kappa shape index (κ1) is 20.7. The molecule has 1 saturated carbocycles. The molecule has 2 rings (SSSR count). The number of thioether (sulfide) groups is 1. The van der Waals surface area contributed by atoms with Crippen LogP contribution in [0.25, 0.3) is 0 Å². The third-order valence-corrected chi connectivity index (χ3v) is 5.53. The van der Waals surface area contributed by atoms with Gasteiger partial charge in [-0.3, -0.25) is 9.59 Å². The second-order valence-corrected chi connectivity index (χ2v) is 7.73. The Hall–Kier alpha value is -1.63. The van der Waals surface area contributed by atoms with Crippen LogP contribution in [-0.2, 0) is 20.7 Å². The maximum Gasteiger partial charge on any atom is 0.306 e. The molecule has 1 heterocycles. The first-order valence-corrected chi connectivity index (χ1v) is 10.5. The molecule has 1 N–H and O–H groups in total. The molecule has 26 heavy (non-hydrogen) atoms. The van der Waals surface area contributed by atoms with E-state index in [2.05, 4.69) is 22.2 Å². The molecule has 1 amide bonds. The van der Waals surface area contributed by atoms with Crippen molar-refractivity contribution in [3.8, 4) is 0 Å². The maximum atomic E-state index is 12.0. The number of hydrogen-bond acceptors (Lipinski definition) is 6. The summed E-state index contributed by atoms with van der Waals surface area (Å²) in [5, 5.41) is 3.73. The number of aromatic nitrogens is 2. The standard InChI is InChI=1S/C19H29N3O3S/c1-12-7-5-6-8-16(12)22-17(23)11-25-18(24)10-9-15-13(2)20-19(26-4)21-14(15)3/h12,16H,5-11H2,1-4H3,(H,22,23)/t12-,16+/m0/s1. The number of aryl methyl sites for hydroxylation is 2. The van der Waals surface area contributed by atoms with Crippen LogP contribution in [0.2, 0.25) is 0 Å². The van der Waals surface area contributed by atoms with Gasteiger partial charge in [0, 0.05) is 23.9 Å². The highest BCUT2D eigenvalue weighted by Crippen LogP contribution is 2.23. The summed E-state index contributed by atoms with van der Waals surface area (Å²) in [6.07, 6.45) is 7.19. The fourth-order valence-corrected chi connectivity index (χ4v) is 3.84. The summed E-state index contributed by atoms with van der Waals surface area (Å²) >= 11 is 1.50. The molecule has 0 radical (unpaired) electrons. The van der Waals surface area contributed by atoms with Gasteiger partial charge in [0.2, 0.25) is 0 Å². The minimum absolute atomic E-state index is 0.201. The number of nitrogens with one attached hydrogen (secondary N) is 1. The summed E-state index contributed by atoms with van der Waals surface area (Å²) in [6, 6.07) is 0.201. The van der Waals surface area contributed by atoms with Crippen molar-refractivity contribution < 1.29 is 14.3 Å². The van der Waals surface area contributed by atoms with E-state index in [0.29, 0.717) is 12.3 Å². The lowest BCUT2D eigenvalue weighted by Crippen LogP contribution is -2.42. The number of carbonyl (C=O) groups is 2. The number of ether oxygens (including phenoxy) is 1. The highest BCUT2D eigenvalue weighted by atomic mass is 32.2. The van der Waals surface area contributed by atoms with Crippen LogP contribution in [0.4, 0.5) is 0 Å². The molecule has 2 atom stereocenters. The smallest absolute Gasteiger partial charge is 0.306 e. The zero-order valence-corrected chi connectivity index (χ0v) is 16.9. The fraction of sp³-hybridized carbons (Fsp3) is 0.684. The number of hydrogen-bond donors (Lipinski definition) is 1. The van der Waals surface area contributed by atoms with E-state index in [1.807, 2.05) is 20.1 Å². The van der Waals surface area contributed by atoms with Crippen molar-refractivity contribution in [2.75, 3.05) is 12.9 Å². The van der Waals surface area contributed by atoms with Crippen LogP contribution in [0.3, 0.4) is 0 Å². The second-order valence-electron chi connectivity index (χ2n) is 6.96. The Bertz CT molecular complexity index is 628. The molecule has 144 valence electrons. The molecule has 1 fully saturated rings. The highest BCUT2D eigenvalue weighted by Gasteiger charge is 2.23. The van der Waals surface area contributed by atoms with Crippen molar-refractivity contribution >= 4 is 23.6 Å². The molecule has 0 aromatic carbocycles. The predicted molar refractivity (Wildman–Crippen MR) is 102 cm³/mol. The molecule has 1 aliphatic carbocycles. The van der Waals surface area contributed by atoms with Crippen molar-refractivity contribution in [1.82, 2.24) is 15.3 Å². The van der Waals surface area contributed by atoms with Crippen LogP contribution in [-0.4, -0.2) is 40.7 Å². The third-order valence-electron chi connectivity index (χ3n) is 4.98. The van der Waals surface area contributed by atoms with Gasteiger partial charge in [-0.05, 0) is 50.8 Å². The Kier molecular flexibility index (Phi) is 7.87. The largest absolute Gasteiger partial charge is 0.456 e. The van der Waals surface area contributed by atoms with Crippen molar-refractivity contribution in [3.05, 3.63) is 17.0 Å². The Balaban J connectivity index is 1.76. The van der Waals surface area contributed by atoms with Gasteiger partial charge in [0.1, 0.15) is 0 Å². The molecule has 0 unspecified atom stereocenters. The minimum atomic E-state index is -0.371. The van der Waals surface area contributed by atoms with E-state index in [4.69, 9.17) is 4.74 Å². The Morgan fingerprint density at radius 2 is 1.85 bits per heavy atom. The van der Waals surface area contributed by atoms with Gasteiger partial charge >= 0.3 is 5.97 Å². The van der Waals surface area contributed by atoms with Crippen LogP contribution in [0, 0.1) is 19.8 Å². The topological polar surface area (TPSA) is 81.2 Å². The number of nitrogens with zero attached hydrogens (tertiary/aromatic N) is 2. The van der Waals surface area contributed by atoms with Crippen LogP contribution in [0.15, 0.2) is 5.16 Å². The SMILES string of the molecule is CSc1nc(C)c(CCC(=O)OCC(=O)N[C@@H]2CCCC[C@@H]2C)c(C)n1. The summed E-state index contributed by atoms with van der Waals surface area (Å²) in [5.41, 5.74) is 2.75. The monoisotopic (exact) mass is 379 g/mol. The average Bonchev–Trinajstić information content (AvgIpc) is 2.61. The Morgan fingerprint density at radius 3 is 2.46 bits per heavy atom. The van der Waals surface area contributed by atoms with Crippen molar-refractivity contribution in [1.29, 1.82) is 0 Å². The van der Waals surface area contributed by atoms with E-state index in [1.54, 1.807) is 0 Å². The maximum absolute atomic E-state index is 12.0. The summed E-state index contributed by atoms with van der Waals surface area (Å²) in [6.45, 7) is 5.80. The van der Waals surface area contributed by atoms with Gasteiger partial charge in [0.05, 0.1) is 0 Å². The first-order valence-electron chi connectivity index (χ1n) is 9.23. The summed E-state index contributed by atoms with van der Waals surface area (Å²) in [4.78, 5) is 32.8. The quantitative estimate of drug-likeness (QED) is 0.446. The predicted octanol–water partition coefficient (Wildman–Crippen LogP) is 2.99. The molecule has 0 bridgehead atoms. The van der Waals surface area contributed by atoms with Gasteiger partial charge in [-0.25, -0.2) is 9.97 Å². The van der Waals surface area contributed by atoms with E-state index in [9.17, 15) is 9.59 Å². The highest BCUT2D eigenvalue weighted by molar-refractivity contribution is 7.98. The summed E-state index contributed by atoms with van der Waals surface area (Å²) < 4.78 is 5.13. The Labute approximate surface area is 159 Å². The lowest BCUT2D eigenvalue weighted by molar-refractivity contribution is -0.148.